The zero-order valence-corrected chi connectivity index (χ0v) is 14.5. The molecule has 0 N–H and O–H groups in total. The van der Waals surface area contributed by atoms with Gasteiger partial charge in [0.1, 0.15) is 0 Å². The highest BCUT2D eigenvalue weighted by atomic mass is 79.9. The minimum Gasteiger partial charge on any atom is -0.340 e. The van der Waals surface area contributed by atoms with Crippen molar-refractivity contribution in [3.05, 3.63) is 69.7 Å². The van der Waals surface area contributed by atoms with Crippen LogP contribution in [-0.2, 0) is 9.47 Å². The van der Waals surface area contributed by atoms with Gasteiger partial charge in [0.05, 0.1) is 12.2 Å². The van der Waals surface area contributed by atoms with Gasteiger partial charge >= 0.3 is 0 Å². The van der Waals surface area contributed by atoms with Gasteiger partial charge in [0.15, 0.2) is 6.29 Å². The summed E-state index contributed by atoms with van der Waals surface area (Å²) in [4.78, 5) is 0. The quantitative estimate of drug-likeness (QED) is 0.658. The van der Waals surface area contributed by atoms with E-state index in [0.717, 1.165) is 22.9 Å². The molecule has 1 heterocycles. The lowest BCUT2D eigenvalue weighted by molar-refractivity contribution is -0.195. The van der Waals surface area contributed by atoms with Gasteiger partial charge in [0.25, 0.3) is 0 Å². The molecular weight excluding hydrogens is 340 g/mol. The molecule has 2 atom stereocenters. The van der Waals surface area contributed by atoms with Crippen molar-refractivity contribution in [2.75, 3.05) is 0 Å². The predicted molar refractivity (Wildman–Crippen MR) is 91.6 cm³/mol. The Hall–Kier alpha value is -1.16. The van der Waals surface area contributed by atoms with Crippen LogP contribution in [-0.4, -0.2) is 0 Å². The van der Waals surface area contributed by atoms with Crippen LogP contribution in [0.3, 0.4) is 0 Å². The summed E-state index contributed by atoms with van der Waals surface area (Å²) in [5.74, 6) is 0. The van der Waals surface area contributed by atoms with Crippen molar-refractivity contribution < 1.29 is 9.47 Å². The topological polar surface area (TPSA) is 18.5 Å². The Morgan fingerprint density at radius 3 is 1.68 bits per heavy atom. The van der Waals surface area contributed by atoms with Crippen molar-refractivity contribution in [3.8, 4) is 0 Å². The van der Waals surface area contributed by atoms with Crippen molar-refractivity contribution in [3.63, 3.8) is 0 Å². The molecule has 0 fully saturated rings. The average Bonchev–Trinajstić information content (AvgIpc) is 2.72. The third-order valence-electron chi connectivity index (χ3n) is 4.17. The molecule has 0 saturated heterocycles. The van der Waals surface area contributed by atoms with Crippen LogP contribution in [0.15, 0.2) is 53.0 Å². The molecule has 116 valence electrons. The molecule has 0 unspecified atom stereocenters. The minimum absolute atomic E-state index is 0.0601. The third-order valence-corrected chi connectivity index (χ3v) is 4.89. The minimum atomic E-state index is -0.349. The van der Waals surface area contributed by atoms with Crippen LogP contribution in [0.5, 0.6) is 0 Å². The molecule has 0 radical (unpaired) electrons. The van der Waals surface area contributed by atoms with Crippen molar-refractivity contribution >= 4 is 15.9 Å². The monoisotopic (exact) mass is 360 g/mol. The van der Waals surface area contributed by atoms with E-state index in [0.29, 0.717) is 0 Å². The van der Waals surface area contributed by atoms with E-state index in [4.69, 9.17) is 9.47 Å². The van der Waals surface area contributed by atoms with E-state index < -0.39 is 0 Å². The first kappa shape index (κ1) is 15.7. The first-order valence-corrected chi connectivity index (χ1v) is 8.68. The number of rotatable bonds is 3. The second-order valence-electron chi connectivity index (χ2n) is 5.55. The lowest BCUT2D eigenvalue weighted by Crippen LogP contribution is -2.11. The second kappa shape index (κ2) is 6.95. The van der Waals surface area contributed by atoms with Crippen molar-refractivity contribution in [1.82, 2.24) is 0 Å². The molecule has 3 heteroatoms. The lowest BCUT2D eigenvalue weighted by Gasteiger charge is -2.24. The Morgan fingerprint density at radius 2 is 1.23 bits per heavy atom. The molecule has 3 rings (SSSR count). The van der Waals surface area contributed by atoms with Gasteiger partial charge in [0, 0.05) is 10.0 Å². The van der Waals surface area contributed by atoms with Gasteiger partial charge in [-0.05, 0) is 30.0 Å². The summed E-state index contributed by atoms with van der Waals surface area (Å²) in [5, 5.41) is 0. The molecule has 0 bridgehead atoms. The van der Waals surface area contributed by atoms with Gasteiger partial charge in [-0.3, -0.25) is 0 Å². The summed E-state index contributed by atoms with van der Waals surface area (Å²) in [7, 11) is 0. The number of halogens is 1. The summed E-state index contributed by atoms with van der Waals surface area (Å²) in [5.41, 5.74) is 3.56. The van der Waals surface area contributed by atoms with Crippen LogP contribution in [0.25, 0.3) is 0 Å². The molecule has 2 aromatic rings. The van der Waals surface area contributed by atoms with Crippen molar-refractivity contribution in [2.45, 2.75) is 45.2 Å². The summed E-state index contributed by atoms with van der Waals surface area (Å²) < 4.78 is 13.7. The number of hydrogen-bond acceptors (Lipinski definition) is 2. The Labute approximate surface area is 140 Å². The average molecular weight is 361 g/mol. The second-order valence-corrected chi connectivity index (χ2v) is 6.40. The maximum Gasteiger partial charge on any atom is 0.186 e. The van der Waals surface area contributed by atoms with Crippen LogP contribution in [0.4, 0.5) is 0 Å². The van der Waals surface area contributed by atoms with Gasteiger partial charge in [-0.2, -0.15) is 0 Å². The number of hydrogen-bond donors (Lipinski definition) is 0. The molecule has 0 aromatic heterocycles. The molecule has 0 spiro atoms. The van der Waals surface area contributed by atoms with Crippen LogP contribution in [0, 0.1) is 0 Å². The van der Waals surface area contributed by atoms with Gasteiger partial charge in [-0.15, -0.1) is 0 Å². The van der Waals surface area contributed by atoms with Gasteiger partial charge < -0.3 is 9.47 Å². The smallest absolute Gasteiger partial charge is 0.186 e. The van der Waals surface area contributed by atoms with E-state index in [1.54, 1.807) is 0 Å². The Bertz CT molecular complexity index is 608. The standard InChI is InChI=1S/C19H21BrO2/c1-3-17-13-9-5-6-10-14(13)18(4-2)22-19(21-17)15-11-7-8-12-16(15)20/h5-12,17-19H,3-4H2,1-2H3/t17-,18-/m0/s1. The molecule has 0 saturated carbocycles. The largest absolute Gasteiger partial charge is 0.340 e. The summed E-state index contributed by atoms with van der Waals surface area (Å²) in [6.45, 7) is 4.32. The highest BCUT2D eigenvalue weighted by Crippen LogP contribution is 2.43. The van der Waals surface area contributed by atoms with Crippen molar-refractivity contribution in [2.24, 2.45) is 0 Å². The molecule has 1 aliphatic rings. The fourth-order valence-electron chi connectivity index (χ4n) is 3.02. The number of ether oxygens (including phenoxy) is 2. The summed E-state index contributed by atoms with van der Waals surface area (Å²) in [6, 6.07) is 16.6. The molecule has 0 aliphatic carbocycles. The van der Waals surface area contributed by atoms with E-state index in [-0.39, 0.29) is 18.5 Å². The first-order valence-electron chi connectivity index (χ1n) is 7.88. The molecular formula is C19H21BrO2. The van der Waals surface area contributed by atoms with Crippen LogP contribution >= 0.6 is 15.9 Å². The number of fused-ring (bicyclic) bond motifs is 1. The first-order chi connectivity index (χ1) is 10.7. The Morgan fingerprint density at radius 1 is 0.773 bits per heavy atom. The molecule has 2 nitrogen and oxygen atoms in total. The maximum absolute atomic E-state index is 6.33. The Balaban J connectivity index is 2.03. The van der Waals surface area contributed by atoms with E-state index >= 15 is 0 Å². The van der Waals surface area contributed by atoms with Crippen molar-refractivity contribution in [1.29, 1.82) is 0 Å². The molecule has 1 aliphatic heterocycles. The summed E-state index contributed by atoms with van der Waals surface area (Å²) in [6.07, 6.45) is 1.63. The van der Waals surface area contributed by atoms with E-state index in [1.165, 1.54) is 11.1 Å². The van der Waals surface area contributed by atoms with Crippen LogP contribution < -0.4 is 0 Å². The highest BCUT2D eigenvalue weighted by Gasteiger charge is 2.31. The number of benzene rings is 2. The predicted octanol–water partition coefficient (Wildman–Crippen LogP) is 6.10. The van der Waals surface area contributed by atoms with E-state index in [9.17, 15) is 0 Å². The molecule has 22 heavy (non-hydrogen) atoms. The maximum atomic E-state index is 6.33. The van der Waals surface area contributed by atoms with Gasteiger partial charge in [-0.1, -0.05) is 72.2 Å². The fraction of sp³-hybridized carbons (Fsp3) is 0.368. The normalized spacial score (nSPS) is 22.1. The zero-order valence-electron chi connectivity index (χ0n) is 13.0. The van der Waals surface area contributed by atoms with Crippen LogP contribution in [0.2, 0.25) is 0 Å². The van der Waals surface area contributed by atoms with Crippen LogP contribution in [0.1, 0.15) is 61.9 Å². The van der Waals surface area contributed by atoms with Gasteiger partial charge in [-0.25, -0.2) is 0 Å². The zero-order chi connectivity index (χ0) is 15.5. The van der Waals surface area contributed by atoms with E-state index in [2.05, 4.69) is 60.1 Å². The molecule has 0 amide bonds. The highest BCUT2D eigenvalue weighted by molar-refractivity contribution is 9.10. The summed E-state index contributed by atoms with van der Waals surface area (Å²) >= 11 is 3.62. The third kappa shape index (κ3) is 2.98. The lowest BCUT2D eigenvalue weighted by atomic mass is 9.96. The van der Waals surface area contributed by atoms with Gasteiger partial charge in [0.2, 0.25) is 0 Å². The fourth-order valence-corrected chi connectivity index (χ4v) is 3.49. The Kier molecular flexibility index (Phi) is 4.97. The van der Waals surface area contributed by atoms with E-state index in [1.807, 2.05) is 18.2 Å². The SMILES string of the molecule is CC[C@@H]1OC(c2ccccc2Br)O[C@@H](CC)c2ccccc21. The molecule has 2 aromatic carbocycles.